The van der Waals surface area contributed by atoms with Gasteiger partial charge in [0.1, 0.15) is 10.6 Å². The number of hydrogen-bond acceptors (Lipinski definition) is 8. The van der Waals surface area contributed by atoms with Crippen LogP contribution in [0.2, 0.25) is 0 Å². The first kappa shape index (κ1) is 25.7. The highest BCUT2D eigenvalue weighted by atomic mass is 32.2. The zero-order chi connectivity index (χ0) is 26.1. The second kappa shape index (κ2) is 10.8. The lowest BCUT2D eigenvalue weighted by molar-refractivity contribution is -0.113. The summed E-state index contributed by atoms with van der Waals surface area (Å²) in [5.41, 5.74) is 4.62. The summed E-state index contributed by atoms with van der Waals surface area (Å²) < 4.78 is 7.01. The number of thiophene rings is 2. The van der Waals surface area contributed by atoms with Crippen LogP contribution in [0.4, 0.5) is 5.00 Å². The molecule has 1 aliphatic rings. The lowest BCUT2D eigenvalue weighted by Crippen LogP contribution is -2.16. The van der Waals surface area contributed by atoms with Gasteiger partial charge in [-0.1, -0.05) is 49.0 Å². The first-order valence-electron chi connectivity index (χ1n) is 12.1. The minimum atomic E-state index is -0.474. The van der Waals surface area contributed by atoms with Crippen LogP contribution in [0.3, 0.4) is 0 Å². The fourth-order valence-electron chi connectivity index (χ4n) is 4.71. The van der Waals surface area contributed by atoms with E-state index in [0.717, 1.165) is 46.2 Å². The van der Waals surface area contributed by atoms with Gasteiger partial charge >= 0.3 is 5.97 Å². The van der Waals surface area contributed by atoms with Crippen LogP contribution >= 0.6 is 34.4 Å². The molecule has 7 nitrogen and oxygen atoms in total. The molecule has 3 aromatic heterocycles. The summed E-state index contributed by atoms with van der Waals surface area (Å²) in [5.74, 6) is 1.01. The molecule has 37 heavy (non-hydrogen) atoms. The van der Waals surface area contributed by atoms with Crippen LogP contribution in [0.25, 0.3) is 22.5 Å². The number of thioether (sulfide) groups is 1. The molecule has 0 bridgehead atoms. The number of carbonyl (C=O) groups is 2. The summed E-state index contributed by atoms with van der Waals surface area (Å²) in [6.07, 6.45) is 3.39. The Morgan fingerprint density at radius 2 is 2.03 bits per heavy atom. The number of rotatable bonds is 7. The Kier molecular flexibility index (Phi) is 7.50. The largest absolute Gasteiger partial charge is 0.465 e. The Morgan fingerprint density at radius 3 is 2.78 bits per heavy atom. The van der Waals surface area contributed by atoms with Gasteiger partial charge in [0, 0.05) is 33.3 Å². The Bertz CT molecular complexity index is 1460. The van der Waals surface area contributed by atoms with Gasteiger partial charge in [-0.15, -0.1) is 32.9 Å². The van der Waals surface area contributed by atoms with Gasteiger partial charge in [-0.25, -0.2) is 4.79 Å². The minimum Gasteiger partial charge on any atom is -0.465 e. The van der Waals surface area contributed by atoms with Crippen LogP contribution < -0.4 is 5.32 Å². The van der Waals surface area contributed by atoms with Crippen LogP contribution in [0.15, 0.2) is 40.9 Å². The molecular weight excluding hydrogens is 525 g/mol. The number of nitrogens with zero attached hydrogens (tertiary/aromatic N) is 3. The molecule has 3 heterocycles. The van der Waals surface area contributed by atoms with Gasteiger partial charge in [0.2, 0.25) is 5.91 Å². The highest BCUT2D eigenvalue weighted by Gasteiger charge is 2.26. The first-order valence-corrected chi connectivity index (χ1v) is 14.7. The Balaban J connectivity index is 1.32. The highest BCUT2D eigenvalue weighted by molar-refractivity contribution is 7.99. The van der Waals surface area contributed by atoms with Gasteiger partial charge in [-0.05, 0) is 43.2 Å². The van der Waals surface area contributed by atoms with Crippen molar-refractivity contribution in [3.63, 3.8) is 0 Å². The zero-order valence-corrected chi connectivity index (χ0v) is 23.6. The van der Waals surface area contributed by atoms with E-state index in [1.807, 2.05) is 48.9 Å². The van der Waals surface area contributed by atoms with E-state index in [-0.39, 0.29) is 11.7 Å². The van der Waals surface area contributed by atoms with Gasteiger partial charge < -0.3 is 14.6 Å². The molecule has 0 fully saturated rings. The van der Waals surface area contributed by atoms with Crippen molar-refractivity contribution in [2.75, 3.05) is 18.2 Å². The van der Waals surface area contributed by atoms with Gasteiger partial charge in [-0.2, -0.15) is 0 Å². The van der Waals surface area contributed by atoms with Crippen LogP contribution in [0.5, 0.6) is 0 Å². The smallest absolute Gasteiger partial charge is 0.341 e. The summed E-state index contributed by atoms with van der Waals surface area (Å²) in [5, 5.41) is 15.1. The Morgan fingerprint density at radius 1 is 1.24 bits per heavy atom. The maximum atomic E-state index is 12.9. The first-order chi connectivity index (χ1) is 17.9. The number of benzene rings is 1. The molecule has 1 amide bonds. The molecule has 5 rings (SSSR count). The van der Waals surface area contributed by atoms with Crippen LogP contribution in [0.1, 0.15) is 39.0 Å². The van der Waals surface area contributed by atoms with E-state index in [4.69, 9.17) is 4.74 Å². The molecule has 0 aliphatic heterocycles. The maximum Gasteiger partial charge on any atom is 0.341 e. The summed E-state index contributed by atoms with van der Waals surface area (Å²) in [7, 11) is 3.29. The minimum absolute atomic E-state index is 0.142. The molecule has 0 saturated heterocycles. The van der Waals surface area contributed by atoms with Crippen molar-refractivity contribution in [3.05, 3.63) is 56.6 Å². The molecule has 0 spiro atoms. The van der Waals surface area contributed by atoms with Crippen LogP contribution in [0, 0.1) is 12.8 Å². The summed E-state index contributed by atoms with van der Waals surface area (Å²) in [6.45, 7) is 4.24. The Labute approximate surface area is 228 Å². The normalized spacial score (nSPS) is 14.9. The van der Waals surface area contributed by atoms with Gasteiger partial charge in [0.15, 0.2) is 11.0 Å². The topological polar surface area (TPSA) is 86.1 Å². The average molecular weight is 553 g/mol. The van der Waals surface area contributed by atoms with E-state index in [0.29, 0.717) is 15.7 Å². The third-order valence-corrected chi connectivity index (χ3v) is 9.69. The lowest BCUT2D eigenvalue weighted by Gasteiger charge is -2.18. The van der Waals surface area contributed by atoms with E-state index >= 15 is 0 Å². The van der Waals surface area contributed by atoms with Crippen molar-refractivity contribution in [1.82, 2.24) is 14.8 Å². The second-order valence-corrected chi connectivity index (χ2v) is 12.3. The fraction of sp³-hybridized carbons (Fsp3) is 0.333. The van der Waals surface area contributed by atoms with Crippen molar-refractivity contribution in [2.45, 2.75) is 38.3 Å². The number of amides is 1. The molecule has 192 valence electrons. The third kappa shape index (κ3) is 5.10. The number of esters is 1. The number of carbonyl (C=O) groups excluding carboxylic acids is 2. The van der Waals surface area contributed by atoms with Crippen molar-refractivity contribution in [3.8, 4) is 22.5 Å². The number of nitrogens with one attached hydrogen (secondary N) is 1. The predicted molar refractivity (Wildman–Crippen MR) is 151 cm³/mol. The number of aromatic nitrogens is 3. The summed E-state index contributed by atoms with van der Waals surface area (Å²) in [6, 6.07) is 9.65. The second-order valence-electron chi connectivity index (χ2n) is 9.20. The van der Waals surface area contributed by atoms with E-state index in [1.165, 1.54) is 47.1 Å². The fourth-order valence-corrected chi connectivity index (χ4v) is 7.75. The molecule has 1 unspecified atom stereocenters. The highest BCUT2D eigenvalue weighted by Crippen LogP contribution is 2.41. The molecule has 1 N–H and O–H groups in total. The lowest BCUT2D eigenvalue weighted by atomic mass is 9.88. The summed E-state index contributed by atoms with van der Waals surface area (Å²) >= 11 is 4.51. The Hall–Kier alpha value is -2.95. The van der Waals surface area contributed by atoms with Crippen molar-refractivity contribution >= 4 is 51.3 Å². The van der Waals surface area contributed by atoms with Gasteiger partial charge in [0.05, 0.1) is 12.9 Å². The predicted octanol–water partition coefficient (Wildman–Crippen LogP) is 6.22. The number of aryl methyl sites for hydroxylation is 1. The number of hydrogen-bond donors (Lipinski definition) is 1. The third-order valence-electron chi connectivity index (χ3n) is 6.60. The molecule has 1 aliphatic carbocycles. The van der Waals surface area contributed by atoms with Crippen molar-refractivity contribution in [1.29, 1.82) is 0 Å². The molecule has 0 saturated carbocycles. The number of methoxy groups -OCH3 is 1. The molecule has 10 heteroatoms. The number of anilines is 1. The van der Waals surface area contributed by atoms with E-state index in [9.17, 15) is 9.59 Å². The standard InChI is InChI=1S/C27H28N4O3S3/c1-15-10-11-18-19(13-35-20(18)12-15)24-29-30-27(31(24)3)36-14-21(32)28-25-23(26(33)34-4)22(16(2)37-25)17-8-6-5-7-9-17/h5-9,13,15H,10-12,14H2,1-4H3,(H,28,32). The molecule has 0 radical (unpaired) electrons. The van der Waals surface area contributed by atoms with Gasteiger partial charge in [-0.3, -0.25) is 4.79 Å². The molecule has 1 aromatic carbocycles. The SMILES string of the molecule is COC(=O)c1c(NC(=O)CSc2nnc(-c3csc4c3CCC(C)C4)n2C)sc(C)c1-c1ccccc1. The quantitative estimate of drug-likeness (QED) is 0.216. The molecule has 4 aromatic rings. The molecular formula is C27H28N4O3S3. The van der Waals surface area contributed by atoms with Crippen molar-refractivity contribution < 1.29 is 14.3 Å². The average Bonchev–Trinajstić information content (AvgIpc) is 3.57. The number of ether oxygens (including phenoxy) is 1. The zero-order valence-electron chi connectivity index (χ0n) is 21.2. The monoisotopic (exact) mass is 552 g/mol. The maximum absolute atomic E-state index is 12.9. The molecule has 1 atom stereocenters. The van der Waals surface area contributed by atoms with Crippen LogP contribution in [-0.4, -0.2) is 39.5 Å². The van der Waals surface area contributed by atoms with Crippen LogP contribution in [-0.2, 0) is 29.4 Å². The summed E-state index contributed by atoms with van der Waals surface area (Å²) in [4.78, 5) is 28.0. The van der Waals surface area contributed by atoms with E-state index in [2.05, 4.69) is 27.8 Å². The van der Waals surface area contributed by atoms with Crippen molar-refractivity contribution in [2.24, 2.45) is 13.0 Å². The number of fused-ring (bicyclic) bond motifs is 1. The van der Waals surface area contributed by atoms with E-state index < -0.39 is 5.97 Å². The van der Waals surface area contributed by atoms with Gasteiger partial charge in [0.25, 0.3) is 0 Å². The van der Waals surface area contributed by atoms with E-state index in [1.54, 1.807) is 11.3 Å².